The summed E-state index contributed by atoms with van der Waals surface area (Å²) in [5.41, 5.74) is 3.12. The second-order valence-electron chi connectivity index (χ2n) is 5.82. The van der Waals surface area contributed by atoms with Crippen molar-refractivity contribution in [2.45, 2.75) is 30.7 Å². The smallest absolute Gasteiger partial charge is 0.123 e. The summed E-state index contributed by atoms with van der Waals surface area (Å²) >= 11 is 3.66. The molecule has 0 amide bonds. The van der Waals surface area contributed by atoms with Crippen molar-refractivity contribution in [1.29, 1.82) is 0 Å². The zero-order valence-corrected chi connectivity index (χ0v) is 13.1. The van der Waals surface area contributed by atoms with Crippen LogP contribution in [0.4, 0.5) is 4.39 Å². The molecule has 1 nitrogen and oxygen atoms in total. The Balaban J connectivity index is 1.93. The molecule has 1 heterocycles. The van der Waals surface area contributed by atoms with Crippen molar-refractivity contribution in [3.05, 3.63) is 65.0 Å². The Kier molecular flexibility index (Phi) is 3.33. The van der Waals surface area contributed by atoms with Crippen LogP contribution in [0.25, 0.3) is 0 Å². The van der Waals surface area contributed by atoms with Gasteiger partial charge >= 0.3 is 0 Å². The molecule has 1 aliphatic rings. The first-order valence-electron chi connectivity index (χ1n) is 6.66. The number of hydrogen-bond acceptors (Lipinski definition) is 1. The maximum absolute atomic E-state index is 13.3. The molecule has 1 unspecified atom stereocenters. The zero-order valence-electron chi connectivity index (χ0n) is 11.5. The number of benzene rings is 2. The lowest BCUT2D eigenvalue weighted by Crippen LogP contribution is -2.24. The van der Waals surface area contributed by atoms with Gasteiger partial charge in [-0.15, -0.1) is 0 Å². The van der Waals surface area contributed by atoms with Crippen molar-refractivity contribution in [3.8, 4) is 5.75 Å². The fraction of sp³-hybridized carbons (Fsp3) is 0.294. The molecular weight excluding hydrogens is 319 g/mol. The van der Waals surface area contributed by atoms with Crippen molar-refractivity contribution in [3.63, 3.8) is 0 Å². The Hall–Kier alpha value is -1.35. The number of fused-ring (bicyclic) bond motifs is 1. The second kappa shape index (κ2) is 4.88. The van der Waals surface area contributed by atoms with E-state index in [1.807, 2.05) is 18.2 Å². The van der Waals surface area contributed by atoms with Crippen LogP contribution in [0.1, 0.15) is 35.4 Å². The molecular formula is C17H16BrFO. The lowest BCUT2D eigenvalue weighted by atomic mass is 9.98. The largest absolute Gasteiger partial charge is 0.487 e. The maximum Gasteiger partial charge on any atom is 0.123 e. The van der Waals surface area contributed by atoms with Crippen molar-refractivity contribution in [1.82, 2.24) is 0 Å². The lowest BCUT2D eigenvalue weighted by molar-refractivity contribution is 0.138. The van der Waals surface area contributed by atoms with Crippen LogP contribution >= 0.6 is 15.9 Å². The summed E-state index contributed by atoms with van der Waals surface area (Å²) in [6.07, 6.45) is 0.902. The highest BCUT2D eigenvalue weighted by Gasteiger charge is 2.30. The molecule has 1 aliphatic heterocycles. The standard InChI is InChI=1S/C17H16BrFO/c1-17(2)10-13-8-12(6-7-15(13)20-17)16(18)11-4-3-5-14(19)9-11/h3-9,16H,10H2,1-2H3. The summed E-state index contributed by atoms with van der Waals surface area (Å²) in [5, 5.41) is 0. The summed E-state index contributed by atoms with van der Waals surface area (Å²) in [6, 6.07) is 12.9. The monoisotopic (exact) mass is 334 g/mol. The first-order valence-corrected chi connectivity index (χ1v) is 7.57. The maximum atomic E-state index is 13.3. The number of alkyl halides is 1. The predicted octanol–water partition coefficient (Wildman–Crippen LogP) is 5.02. The lowest BCUT2D eigenvalue weighted by Gasteiger charge is -2.16. The van der Waals surface area contributed by atoms with E-state index in [-0.39, 0.29) is 16.2 Å². The second-order valence-corrected chi connectivity index (χ2v) is 6.74. The first kappa shape index (κ1) is 13.6. The molecule has 0 saturated heterocycles. The van der Waals surface area contributed by atoms with Gasteiger partial charge in [-0.05, 0) is 48.7 Å². The molecule has 2 aromatic carbocycles. The van der Waals surface area contributed by atoms with Gasteiger partial charge in [0.1, 0.15) is 17.2 Å². The molecule has 0 fully saturated rings. The molecule has 20 heavy (non-hydrogen) atoms. The van der Waals surface area contributed by atoms with Crippen LogP contribution in [-0.4, -0.2) is 5.60 Å². The Morgan fingerprint density at radius 1 is 1.15 bits per heavy atom. The van der Waals surface area contributed by atoms with E-state index >= 15 is 0 Å². The van der Waals surface area contributed by atoms with Gasteiger partial charge in [-0.3, -0.25) is 0 Å². The Labute approximate surface area is 126 Å². The van der Waals surface area contributed by atoms with Crippen LogP contribution in [-0.2, 0) is 6.42 Å². The van der Waals surface area contributed by atoms with E-state index < -0.39 is 0 Å². The fourth-order valence-electron chi connectivity index (χ4n) is 2.64. The van der Waals surface area contributed by atoms with Crippen LogP contribution in [0.15, 0.2) is 42.5 Å². The Morgan fingerprint density at radius 2 is 1.90 bits per heavy atom. The normalized spacial score (nSPS) is 17.4. The predicted molar refractivity (Wildman–Crippen MR) is 82.0 cm³/mol. The highest BCUT2D eigenvalue weighted by molar-refractivity contribution is 9.09. The highest BCUT2D eigenvalue weighted by Crippen LogP contribution is 2.39. The summed E-state index contributed by atoms with van der Waals surface area (Å²) in [5.74, 6) is 0.746. The molecule has 0 N–H and O–H groups in total. The van der Waals surface area contributed by atoms with Gasteiger partial charge in [-0.25, -0.2) is 4.39 Å². The Bertz CT molecular complexity index is 651. The van der Waals surface area contributed by atoms with Gasteiger partial charge in [-0.2, -0.15) is 0 Å². The summed E-state index contributed by atoms with van der Waals surface area (Å²) in [6.45, 7) is 4.18. The Morgan fingerprint density at radius 3 is 2.65 bits per heavy atom. The van der Waals surface area contributed by atoms with Gasteiger partial charge in [0.2, 0.25) is 0 Å². The molecule has 3 rings (SSSR count). The van der Waals surface area contributed by atoms with Crippen LogP contribution in [0, 0.1) is 5.82 Å². The van der Waals surface area contributed by atoms with E-state index in [0.717, 1.165) is 23.3 Å². The van der Waals surface area contributed by atoms with E-state index in [4.69, 9.17) is 4.74 Å². The number of halogens is 2. The molecule has 0 aromatic heterocycles. The van der Waals surface area contributed by atoms with E-state index in [1.54, 1.807) is 12.1 Å². The number of rotatable bonds is 2. The number of ether oxygens (including phenoxy) is 1. The molecule has 0 aliphatic carbocycles. The van der Waals surface area contributed by atoms with Crippen LogP contribution in [0.2, 0.25) is 0 Å². The topological polar surface area (TPSA) is 9.23 Å². The average Bonchev–Trinajstić information content (AvgIpc) is 2.70. The summed E-state index contributed by atoms with van der Waals surface area (Å²) in [7, 11) is 0. The van der Waals surface area contributed by atoms with Crippen molar-refractivity contribution < 1.29 is 9.13 Å². The fourth-order valence-corrected chi connectivity index (χ4v) is 3.21. The van der Waals surface area contributed by atoms with Crippen LogP contribution in [0.5, 0.6) is 5.75 Å². The van der Waals surface area contributed by atoms with Gasteiger partial charge in [0.25, 0.3) is 0 Å². The minimum Gasteiger partial charge on any atom is -0.487 e. The third kappa shape index (κ3) is 2.59. The third-order valence-corrected chi connectivity index (χ3v) is 4.58. The average molecular weight is 335 g/mol. The summed E-state index contributed by atoms with van der Waals surface area (Å²) in [4.78, 5) is -0.00721. The molecule has 104 valence electrons. The third-order valence-electron chi connectivity index (χ3n) is 3.52. The van der Waals surface area contributed by atoms with E-state index in [9.17, 15) is 4.39 Å². The summed E-state index contributed by atoms with van der Waals surface area (Å²) < 4.78 is 19.2. The molecule has 0 bridgehead atoms. The van der Waals surface area contributed by atoms with Gasteiger partial charge in [0.15, 0.2) is 0 Å². The molecule has 1 atom stereocenters. The zero-order chi connectivity index (χ0) is 14.3. The molecule has 0 saturated carbocycles. The molecule has 0 radical (unpaired) electrons. The SMILES string of the molecule is CC1(C)Cc2cc(C(Br)c3cccc(F)c3)ccc2O1. The van der Waals surface area contributed by atoms with Crippen molar-refractivity contribution in [2.24, 2.45) is 0 Å². The number of hydrogen-bond donors (Lipinski definition) is 0. The highest BCUT2D eigenvalue weighted by atomic mass is 79.9. The van der Waals surface area contributed by atoms with Gasteiger partial charge in [-0.1, -0.05) is 40.2 Å². The van der Waals surface area contributed by atoms with Crippen LogP contribution < -0.4 is 4.74 Å². The molecule has 3 heteroatoms. The van der Waals surface area contributed by atoms with Crippen LogP contribution in [0.3, 0.4) is 0 Å². The van der Waals surface area contributed by atoms with E-state index in [0.29, 0.717) is 0 Å². The van der Waals surface area contributed by atoms with Gasteiger partial charge in [0.05, 0.1) is 4.83 Å². The van der Waals surface area contributed by atoms with E-state index in [2.05, 4.69) is 35.8 Å². The van der Waals surface area contributed by atoms with E-state index in [1.165, 1.54) is 11.6 Å². The minimum atomic E-state index is -0.211. The first-order chi connectivity index (χ1) is 9.44. The van der Waals surface area contributed by atoms with Gasteiger partial charge in [0, 0.05) is 6.42 Å². The molecule has 0 spiro atoms. The van der Waals surface area contributed by atoms with Crippen molar-refractivity contribution in [2.75, 3.05) is 0 Å². The molecule has 2 aromatic rings. The van der Waals surface area contributed by atoms with Crippen molar-refractivity contribution >= 4 is 15.9 Å². The quantitative estimate of drug-likeness (QED) is 0.700. The minimum absolute atomic E-state index is 0.00721. The van der Waals surface area contributed by atoms with Gasteiger partial charge < -0.3 is 4.74 Å².